The second-order valence-corrected chi connectivity index (χ2v) is 5.30. The summed E-state index contributed by atoms with van der Waals surface area (Å²) in [5.74, 6) is 0.750. The summed E-state index contributed by atoms with van der Waals surface area (Å²) in [5, 5.41) is 3.29. The zero-order valence-corrected chi connectivity index (χ0v) is 10.6. The average molecular weight is 213 g/mol. The topological polar surface area (TPSA) is 21.3 Å². The van der Waals surface area contributed by atoms with E-state index in [2.05, 4.69) is 19.2 Å². The standard InChI is InChI=1S/C13H27NO/c1-12(2)7-10-15-13(11-14-3)8-5-4-6-9-13/h12,14H,4-11H2,1-3H3. The maximum atomic E-state index is 6.16. The minimum absolute atomic E-state index is 0.155. The van der Waals surface area contributed by atoms with Gasteiger partial charge in [0.1, 0.15) is 0 Å². The first kappa shape index (κ1) is 13.0. The van der Waals surface area contributed by atoms with Gasteiger partial charge in [-0.25, -0.2) is 0 Å². The van der Waals surface area contributed by atoms with Crippen LogP contribution in [-0.4, -0.2) is 25.8 Å². The summed E-state index contributed by atoms with van der Waals surface area (Å²) in [5.41, 5.74) is 0.155. The Morgan fingerprint density at radius 3 is 2.40 bits per heavy atom. The molecule has 0 aromatic rings. The lowest BCUT2D eigenvalue weighted by molar-refractivity contribution is -0.0706. The highest BCUT2D eigenvalue weighted by atomic mass is 16.5. The van der Waals surface area contributed by atoms with Gasteiger partial charge in [-0.05, 0) is 32.2 Å². The SMILES string of the molecule is CNCC1(OCCC(C)C)CCCCC1. The maximum Gasteiger partial charge on any atom is 0.0806 e. The lowest BCUT2D eigenvalue weighted by atomic mass is 9.84. The molecule has 15 heavy (non-hydrogen) atoms. The molecule has 1 saturated carbocycles. The van der Waals surface area contributed by atoms with Gasteiger partial charge in [-0.15, -0.1) is 0 Å². The van der Waals surface area contributed by atoms with E-state index < -0.39 is 0 Å². The number of hydrogen-bond acceptors (Lipinski definition) is 2. The summed E-state index contributed by atoms with van der Waals surface area (Å²) in [6.07, 6.45) is 7.73. The van der Waals surface area contributed by atoms with Crippen molar-refractivity contribution in [1.82, 2.24) is 5.32 Å². The van der Waals surface area contributed by atoms with Crippen molar-refractivity contribution in [1.29, 1.82) is 0 Å². The van der Waals surface area contributed by atoms with Crippen LogP contribution in [0.3, 0.4) is 0 Å². The van der Waals surface area contributed by atoms with Crippen LogP contribution in [0.1, 0.15) is 52.4 Å². The van der Waals surface area contributed by atoms with Gasteiger partial charge >= 0.3 is 0 Å². The van der Waals surface area contributed by atoms with Crippen molar-refractivity contribution < 1.29 is 4.74 Å². The van der Waals surface area contributed by atoms with Gasteiger partial charge in [-0.1, -0.05) is 33.1 Å². The van der Waals surface area contributed by atoms with Crippen molar-refractivity contribution in [3.05, 3.63) is 0 Å². The quantitative estimate of drug-likeness (QED) is 0.732. The molecular formula is C13H27NO. The summed E-state index contributed by atoms with van der Waals surface area (Å²) >= 11 is 0. The van der Waals surface area contributed by atoms with Crippen molar-refractivity contribution >= 4 is 0 Å². The Kier molecular flexibility index (Phi) is 5.62. The van der Waals surface area contributed by atoms with Crippen LogP contribution in [0.4, 0.5) is 0 Å². The fourth-order valence-electron chi connectivity index (χ4n) is 2.40. The smallest absolute Gasteiger partial charge is 0.0806 e. The summed E-state index contributed by atoms with van der Waals surface area (Å²) in [7, 11) is 2.03. The minimum atomic E-state index is 0.155. The van der Waals surface area contributed by atoms with Crippen LogP contribution >= 0.6 is 0 Å². The fraction of sp³-hybridized carbons (Fsp3) is 1.00. The molecular weight excluding hydrogens is 186 g/mol. The Balaban J connectivity index is 2.34. The van der Waals surface area contributed by atoms with Crippen molar-refractivity contribution in [2.45, 2.75) is 58.0 Å². The van der Waals surface area contributed by atoms with Crippen LogP contribution in [0.5, 0.6) is 0 Å². The van der Waals surface area contributed by atoms with E-state index in [0.29, 0.717) is 0 Å². The normalized spacial score (nSPS) is 20.8. The van der Waals surface area contributed by atoms with Crippen LogP contribution in [-0.2, 0) is 4.74 Å². The lowest BCUT2D eigenvalue weighted by Gasteiger charge is -2.37. The summed E-state index contributed by atoms with van der Waals surface area (Å²) < 4.78 is 6.16. The third-order valence-electron chi connectivity index (χ3n) is 3.37. The van der Waals surface area contributed by atoms with E-state index in [0.717, 1.165) is 19.1 Å². The summed E-state index contributed by atoms with van der Waals surface area (Å²) in [4.78, 5) is 0. The first-order valence-corrected chi connectivity index (χ1v) is 6.47. The molecule has 1 fully saturated rings. The number of likely N-dealkylation sites (N-methyl/N-ethyl adjacent to an activating group) is 1. The van der Waals surface area contributed by atoms with Crippen molar-refractivity contribution in [2.75, 3.05) is 20.2 Å². The van der Waals surface area contributed by atoms with E-state index >= 15 is 0 Å². The molecule has 90 valence electrons. The predicted molar refractivity (Wildman–Crippen MR) is 65.1 cm³/mol. The molecule has 0 radical (unpaired) electrons. The third-order valence-corrected chi connectivity index (χ3v) is 3.37. The van der Waals surface area contributed by atoms with Crippen molar-refractivity contribution in [3.8, 4) is 0 Å². The van der Waals surface area contributed by atoms with Gasteiger partial charge in [0.15, 0.2) is 0 Å². The molecule has 0 unspecified atom stereocenters. The van der Waals surface area contributed by atoms with Crippen molar-refractivity contribution in [2.24, 2.45) is 5.92 Å². The second-order valence-electron chi connectivity index (χ2n) is 5.30. The molecule has 0 aromatic heterocycles. The van der Waals surface area contributed by atoms with Gasteiger partial charge in [0, 0.05) is 13.2 Å². The Hall–Kier alpha value is -0.0800. The Morgan fingerprint density at radius 1 is 1.20 bits per heavy atom. The van der Waals surface area contributed by atoms with Crippen LogP contribution < -0.4 is 5.32 Å². The number of rotatable bonds is 6. The molecule has 1 rings (SSSR count). The Labute approximate surface area is 94.8 Å². The van der Waals surface area contributed by atoms with E-state index in [1.54, 1.807) is 0 Å². The highest BCUT2D eigenvalue weighted by molar-refractivity contribution is 4.86. The molecule has 0 heterocycles. The van der Waals surface area contributed by atoms with E-state index in [9.17, 15) is 0 Å². The number of ether oxygens (including phenoxy) is 1. The van der Waals surface area contributed by atoms with Gasteiger partial charge < -0.3 is 10.1 Å². The van der Waals surface area contributed by atoms with Crippen LogP contribution in [0.2, 0.25) is 0 Å². The first-order chi connectivity index (χ1) is 7.18. The molecule has 1 aliphatic rings. The lowest BCUT2D eigenvalue weighted by Crippen LogP contribution is -2.44. The average Bonchev–Trinajstić information content (AvgIpc) is 2.19. The molecule has 1 aliphatic carbocycles. The highest BCUT2D eigenvalue weighted by Gasteiger charge is 2.31. The Morgan fingerprint density at radius 2 is 1.87 bits per heavy atom. The van der Waals surface area contributed by atoms with Gasteiger partial charge in [0.05, 0.1) is 5.60 Å². The van der Waals surface area contributed by atoms with Gasteiger partial charge in [0.2, 0.25) is 0 Å². The molecule has 0 aliphatic heterocycles. The number of nitrogens with one attached hydrogen (secondary N) is 1. The highest BCUT2D eigenvalue weighted by Crippen LogP contribution is 2.31. The first-order valence-electron chi connectivity index (χ1n) is 6.47. The summed E-state index contributed by atoms with van der Waals surface area (Å²) in [6.45, 7) is 6.47. The van der Waals surface area contributed by atoms with E-state index in [4.69, 9.17) is 4.74 Å². The largest absolute Gasteiger partial charge is 0.374 e. The minimum Gasteiger partial charge on any atom is -0.374 e. The third kappa shape index (κ3) is 4.52. The number of hydrogen-bond donors (Lipinski definition) is 1. The van der Waals surface area contributed by atoms with Crippen LogP contribution in [0, 0.1) is 5.92 Å². The monoisotopic (exact) mass is 213 g/mol. The molecule has 0 bridgehead atoms. The van der Waals surface area contributed by atoms with Crippen molar-refractivity contribution in [3.63, 3.8) is 0 Å². The molecule has 2 heteroatoms. The molecule has 1 N–H and O–H groups in total. The Bertz CT molecular complexity index is 156. The van der Waals surface area contributed by atoms with E-state index in [-0.39, 0.29) is 5.60 Å². The van der Waals surface area contributed by atoms with Crippen LogP contribution in [0.15, 0.2) is 0 Å². The van der Waals surface area contributed by atoms with Gasteiger partial charge in [-0.3, -0.25) is 0 Å². The molecule has 2 nitrogen and oxygen atoms in total. The second kappa shape index (κ2) is 6.49. The van der Waals surface area contributed by atoms with Gasteiger partial charge in [-0.2, -0.15) is 0 Å². The molecule has 0 amide bonds. The fourth-order valence-corrected chi connectivity index (χ4v) is 2.40. The zero-order valence-electron chi connectivity index (χ0n) is 10.6. The van der Waals surface area contributed by atoms with Gasteiger partial charge in [0.25, 0.3) is 0 Å². The maximum absolute atomic E-state index is 6.16. The predicted octanol–water partition coefficient (Wildman–Crippen LogP) is 2.97. The molecule has 0 saturated heterocycles. The van der Waals surface area contributed by atoms with E-state index in [1.165, 1.54) is 38.5 Å². The molecule has 0 aromatic carbocycles. The zero-order chi connectivity index (χ0) is 11.1. The van der Waals surface area contributed by atoms with Crippen LogP contribution in [0.25, 0.3) is 0 Å². The van der Waals surface area contributed by atoms with E-state index in [1.807, 2.05) is 7.05 Å². The molecule has 0 atom stereocenters. The molecule has 0 spiro atoms. The summed E-state index contributed by atoms with van der Waals surface area (Å²) in [6, 6.07) is 0.